The van der Waals surface area contributed by atoms with E-state index in [2.05, 4.69) is 17.1 Å². The van der Waals surface area contributed by atoms with Crippen LogP contribution in [-0.4, -0.2) is 57.9 Å². The van der Waals surface area contributed by atoms with Crippen molar-refractivity contribution in [3.63, 3.8) is 0 Å². The van der Waals surface area contributed by atoms with Crippen molar-refractivity contribution >= 4 is 11.8 Å². The molecule has 0 radical (unpaired) electrons. The molecule has 2 unspecified atom stereocenters. The lowest BCUT2D eigenvalue weighted by atomic mass is 9.81. The van der Waals surface area contributed by atoms with Gasteiger partial charge in [0.25, 0.3) is 0 Å². The Labute approximate surface area is 146 Å². The molecule has 2 aliphatic heterocycles. The quantitative estimate of drug-likeness (QED) is 0.821. The minimum absolute atomic E-state index is 0.173. The summed E-state index contributed by atoms with van der Waals surface area (Å²) in [5.74, 6) is 2.10. The van der Waals surface area contributed by atoms with Gasteiger partial charge < -0.3 is 14.3 Å². The molecule has 0 aromatic carbocycles. The summed E-state index contributed by atoms with van der Waals surface area (Å²) in [6.45, 7) is 6.42. The number of aryl methyl sites for hydroxylation is 1. The highest BCUT2D eigenvalue weighted by atomic mass is 16.5. The van der Waals surface area contributed by atoms with E-state index >= 15 is 0 Å². The number of carbonyl (C=O) groups excluding carboxylic acids is 2. The number of likely N-dealkylation sites (tertiary alicyclic amines) is 2. The lowest BCUT2D eigenvalue weighted by Gasteiger charge is -2.27. The number of carbonyl (C=O) groups is 2. The zero-order chi connectivity index (χ0) is 17.4. The molecule has 1 aromatic rings. The molecule has 4 fully saturated rings. The Kier molecular flexibility index (Phi) is 2.96. The Bertz CT molecular complexity index is 751. The van der Waals surface area contributed by atoms with Gasteiger partial charge in [-0.3, -0.25) is 9.59 Å². The minimum atomic E-state index is -0.396. The molecule has 0 spiro atoms. The van der Waals surface area contributed by atoms with Crippen molar-refractivity contribution in [3.05, 3.63) is 11.7 Å². The number of fused-ring (bicyclic) bond motifs is 1. The number of hydrogen-bond donors (Lipinski definition) is 0. The molecule has 3 heterocycles. The van der Waals surface area contributed by atoms with E-state index in [0.29, 0.717) is 37.9 Å². The molecule has 1 aromatic heterocycles. The van der Waals surface area contributed by atoms with Gasteiger partial charge in [-0.25, -0.2) is 0 Å². The third-order valence-electron chi connectivity index (χ3n) is 6.60. The first-order valence-corrected chi connectivity index (χ1v) is 9.30. The molecule has 7 nitrogen and oxygen atoms in total. The predicted molar refractivity (Wildman–Crippen MR) is 87.4 cm³/mol. The highest BCUT2D eigenvalue weighted by molar-refractivity contribution is 5.86. The average molecular weight is 344 g/mol. The van der Waals surface area contributed by atoms with Gasteiger partial charge in [0.2, 0.25) is 17.7 Å². The van der Waals surface area contributed by atoms with Crippen LogP contribution in [0.5, 0.6) is 0 Å². The molecule has 4 aliphatic rings. The van der Waals surface area contributed by atoms with Gasteiger partial charge in [0.05, 0.1) is 5.41 Å². The Morgan fingerprint density at radius 1 is 1.16 bits per heavy atom. The first kappa shape index (κ1) is 15.3. The summed E-state index contributed by atoms with van der Waals surface area (Å²) in [4.78, 5) is 33.9. The van der Waals surface area contributed by atoms with Crippen LogP contribution >= 0.6 is 0 Å². The number of hydrogen-bond acceptors (Lipinski definition) is 5. The largest absolute Gasteiger partial charge is 0.341 e. The van der Waals surface area contributed by atoms with E-state index in [-0.39, 0.29) is 29.1 Å². The van der Waals surface area contributed by atoms with Gasteiger partial charge in [0, 0.05) is 43.4 Å². The van der Waals surface area contributed by atoms with Crippen LogP contribution in [0.1, 0.15) is 44.3 Å². The van der Waals surface area contributed by atoms with Crippen LogP contribution in [0.3, 0.4) is 0 Å². The number of rotatable bonds is 3. The lowest BCUT2D eigenvalue weighted by molar-refractivity contribution is -0.136. The minimum Gasteiger partial charge on any atom is -0.341 e. The molecule has 2 aliphatic carbocycles. The van der Waals surface area contributed by atoms with Crippen LogP contribution in [0, 0.1) is 24.2 Å². The second-order valence-corrected chi connectivity index (χ2v) is 8.74. The molecule has 2 saturated heterocycles. The van der Waals surface area contributed by atoms with Crippen LogP contribution in [0.15, 0.2) is 4.52 Å². The molecule has 5 rings (SSSR count). The van der Waals surface area contributed by atoms with E-state index in [1.807, 2.05) is 16.7 Å². The maximum absolute atomic E-state index is 12.9. The van der Waals surface area contributed by atoms with E-state index in [4.69, 9.17) is 4.52 Å². The van der Waals surface area contributed by atoms with Gasteiger partial charge in [-0.1, -0.05) is 12.1 Å². The summed E-state index contributed by atoms with van der Waals surface area (Å²) in [5, 5.41) is 3.97. The van der Waals surface area contributed by atoms with Crippen molar-refractivity contribution < 1.29 is 14.1 Å². The average Bonchev–Trinajstić information content (AvgIpc) is 3.44. The van der Waals surface area contributed by atoms with Crippen LogP contribution < -0.4 is 0 Å². The van der Waals surface area contributed by atoms with Gasteiger partial charge in [-0.2, -0.15) is 4.98 Å². The third kappa shape index (κ3) is 2.24. The van der Waals surface area contributed by atoms with Crippen LogP contribution in [0.25, 0.3) is 0 Å². The fraction of sp³-hybridized carbons (Fsp3) is 0.778. The van der Waals surface area contributed by atoms with E-state index in [1.54, 1.807) is 0 Å². The summed E-state index contributed by atoms with van der Waals surface area (Å²) >= 11 is 0. The molecule has 0 bridgehead atoms. The second-order valence-electron chi connectivity index (χ2n) is 8.74. The Balaban J connectivity index is 1.45. The van der Waals surface area contributed by atoms with E-state index in [0.717, 1.165) is 25.7 Å². The normalized spacial score (nSPS) is 32.8. The third-order valence-corrected chi connectivity index (χ3v) is 6.60. The first-order chi connectivity index (χ1) is 11.9. The summed E-state index contributed by atoms with van der Waals surface area (Å²) in [7, 11) is 0. The predicted octanol–water partition coefficient (Wildman–Crippen LogP) is 1.13. The van der Waals surface area contributed by atoms with Crippen LogP contribution in [-0.2, 0) is 15.0 Å². The summed E-state index contributed by atoms with van der Waals surface area (Å²) < 4.78 is 5.55. The fourth-order valence-corrected chi connectivity index (χ4v) is 4.56. The van der Waals surface area contributed by atoms with E-state index in [1.165, 1.54) is 0 Å². The van der Waals surface area contributed by atoms with Gasteiger partial charge >= 0.3 is 0 Å². The monoisotopic (exact) mass is 344 g/mol. The lowest BCUT2D eigenvalue weighted by Crippen LogP contribution is -2.43. The molecule has 2 amide bonds. The SMILES string of the molecule is Cc1noc(C23CN(C(=O)C4CC4)CC2CN(C(=O)C2(C)CC2)C3)n1. The molecule has 0 N–H and O–H groups in total. The summed E-state index contributed by atoms with van der Waals surface area (Å²) in [6.07, 6.45) is 3.98. The van der Waals surface area contributed by atoms with Gasteiger partial charge in [0.1, 0.15) is 0 Å². The fourth-order valence-electron chi connectivity index (χ4n) is 4.56. The van der Waals surface area contributed by atoms with Crippen LogP contribution in [0.4, 0.5) is 0 Å². The number of amides is 2. The smallest absolute Gasteiger partial charge is 0.236 e. The molecule has 2 saturated carbocycles. The molecule has 25 heavy (non-hydrogen) atoms. The van der Waals surface area contributed by atoms with Crippen molar-refractivity contribution in [1.82, 2.24) is 19.9 Å². The molecular formula is C18H24N4O3. The zero-order valence-electron chi connectivity index (χ0n) is 14.8. The maximum atomic E-state index is 12.9. The molecule has 134 valence electrons. The van der Waals surface area contributed by atoms with Gasteiger partial charge in [-0.15, -0.1) is 0 Å². The highest BCUT2D eigenvalue weighted by Gasteiger charge is 2.61. The maximum Gasteiger partial charge on any atom is 0.236 e. The Morgan fingerprint density at radius 3 is 2.44 bits per heavy atom. The molecule has 7 heteroatoms. The molecule has 2 atom stereocenters. The van der Waals surface area contributed by atoms with Crippen molar-refractivity contribution in [2.24, 2.45) is 17.3 Å². The topological polar surface area (TPSA) is 79.5 Å². The Morgan fingerprint density at radius 2 is 1.84 bits per heavy atom. The Hall–Kier alpha value is -1.92. The number of nitrogens with zero attached hydrogens (tertiary/aromatic N) is 4. The van der Waals surface area contributed by atoms with Crippen molar-refractivity contribution in [2.75, 3.05) is 26.2 Å². The molecular weight excluding hydrogens is 320 g/mol. The second kappa shape index (κ2) is 4.83. The zero-order valence-corrected chi connectivity index (χ0v) is 14.8. The van der Waals surface area contributed by atoms with Crippen LogP contribution in [0.2, 0.25) is 0 Å². The van der Waals surface area contributed by atoms with Crippen molar-refractivity contribution in [3.8, 4) is 0 Å². The summed E-state index contributed by atoms with van der Waals surface area (Å²) in [6, 6.07) is 0. The van der Waals surface area contributed by atoms with E-state index < -0.39 is 5.41 Å². The van der Waals surface area contributed by atoms with Crippen molar-refractivity contribution in [1.29, 1.82) is 0 Å². The standard InChI is InChI=1S/C18H24N4O3/c1-11-19-15(25-20-11)18-9-21(14(23)12-3-4-12)7-13(18)8-22(10-18)16(24)17(2)5-6-17/h12-13H,3-10H2,1-2H3. The van der Waals surface area contributed by atoms with Gasteiger partial charge in [0.15, 0.2) is 5.82 Å². The summed E-state index contributed by atoms with van der Waals surface area (Å²) in [5.41, 5.74) is -0.569. The number of aromatic nitrogens is 2. The van der Waals surface area contributed by atoms with Gasteiger partial charge in [-0.05, 0) is 32.6 Å². The first-order valence-electron chi connectivity index (χ1n) is 9.30. The van der Waals surface area contributed by atoms with E-state index in [9.17, 15) is 9.59 Å². The highest BCUT2D eigenvalue weighted by Crippen LogP contribution is 2.51. The van der Waals surface area contributed by atoms with Crippen molar-refractivity contribution in [2.45, 2.75) is 44.9 Å².